The van der Waals surface area contributed by atoms with E-state index in [0.717, 1.165) is 31.4 Å². The first-order chi connectivity index (χ1) is 10.8. The smallest absolute Gasteiger partial charge is 0.120 e. The Hall–Kier alpha value is -1.65. The number of imidazole rings is 1. The minimum absolute atomic E-state index is 0.780. The van der Waals surface area contributed by atoms with Crippen LogP contribution in [0.2, 0.25) is 0 Å². The first-order valence-corrected chi connectivity index (χ1v) is 8.29. The van der Waals surface area contributed by atoms with Crippen molar-refractivity contribution in [3.8, 4) is 0 Å². The zero-order chi connectivity index (χ0) is 15.2. The Kier molecular flexibility index (Phi) is 5.24. The van der Waals surface area contributed by atoms with E-state index in [1.807, 2.05) is 6.20 Å². The van der Waals surface area contributed by atoms with Gasteiger partial charge in [0.2, 0.25) is 0 Å². The average molecular weight is 298 g/mol. The van der Waals surface area contributed by atoms with Gasteiger partial charge in [0.15, 0.2) is 0 Å². The number of benzene rings is 1. The van der Waals surface area contributed by atoms with Gasteiger partial charge in [0.1, 0.15) is 5.82 Å². The molecule has 1 aliphatic heterocycles. The molecule has 0 spiro atoms. The van der Waals surface area contributed by atoms with E-state index in [9.17, 15) is 0 Å². The molecule has 4 heteroatoms. The molecule has 1 atom stereocenters. The average Bonchev–Trinajstić information content (AvgIpc) is 3.02. The second-order valence-electron chi connectivity index (χ2n) is 6.39. The summed E-state index contributed by atoms with van der Waals surface area (Å²) in [5, 5.41) is 3.48. The lowest BCUT2D eigenvalue weighted by atomic mass is 9.99. The second kappa shape index (κ2) is 7.56. The van der Waals surface area contributed by atoms with E-state index in [1.54, 1.807) is 6.20 Å². The molecule has 1 aromatic carbocycles. The van der Waals surface area contributed by atoms with Crippen LogP contribution >= 0.6 is 0 Å². The SMILES string of the molecule is C[C@H]1CCCN(Cc2ccccc2CNCc2ncc[nH]2)C1. The van der Waals surface area contributed by atoms with E-state index in [4.69, 9.17) is 0 Å². The summed E-state index contributed by atoms with van der Waals surface area (Å²) in [7, 11) is 0. The molecule has 3 rings (SSSR count). The predicted octanol–water partition coefficient (Wildman–Crippen LogP) is 2.93. The minimum atomic E-state index is 0.780. The van der Waals surface area contributed by atoms with Crippen molar-refractivity contribution in [1.29, 1.82) is 0 Å². The summed E-state index contributed by atoms with van der Waals surface area (Å²) in [6.45, 7) is 7.57. The van der Waals surface area contributed by atoms with Gasteiger partial charge < -0.3 is 10.3 Å². The van der Waals surface area contributed by atoms with Crippen LogP contribution in [-0.2, 0) is 19.6 Å². The van der Waals surface area contributed by atoms with E-state index in [1.165, 1.54) is 37.1 Å². The van der Waals surface area contributed by atoms with Crippen molar-refractivity contribution in [3.63, 3.8) is 0 Å². The van der Waals surface area contributed by atoms with Gasteiger partial charge in [-0.2, -0.15) is 0 Å². The summed E-state index contributed by atoms with van der Waals surface area (Å²) in [4.78, 5) is 9.97. The maximum atomic E-state index is 4.25. The van der Waals surface area contributed by atoms with Gasteiger partial charge in [-0.1, -0.05) is 31.2 Å². The Morgan fingerprint density at radius 2 is 2.14 bits per heavy atom. The highest BCUT2D eigenvalue weighted by Crippen LogP contribution is 2.19. The zero-order valence-electron chi connectivity index (χ0n) is 13.4. The summed E-state index contributed by atoms with van der Waals surface area (Å²) in [6, 6.07) is 8.78. The Bertz CT molecular complexity index is 564. The number of H-pyrrole nitrogens is 1. The normalized spacial score (nSPS) is 19.4. The highest BCUT2D eigenvalue weighted by Gasteiger charge is 2.17. The molecular formula is C18H26N4. The molecule has 0 aliphatic carbocycles. The third-order valence-corrected chi connectivity index (χ3v) is 4.42. The number of hydrogen-bond donors (Lipinski definition) is 2. The van der Waals surface area contributed by atoms with Gasteiger partial charge in [-0.15, -0.1) is 0 Å². The van der Waals surface area contributed by atoms with Crippen molar-refractivity contribution in [2.45, 2.75) is 39.4 Å². The number of nitrogens with one attached hydrogen (secondary N) is 2. The van der Waals surface area contributed by atoms with Crippen molar-refractivity contribution in [2.75, 3.05) is 13.1 Å². The first kappa shape index (κ1) is 15.3. The lowest BCUT2D eigenvalue weighted by Gasteiger charge is -2.31. The second-order valence-corrected chi connectivity index (χ2v) is 6.39. The number of hydrogen-bond acceptors (Lipinski definition) is 3. The monoisotopic (exact) mass is 298 g/mol. The summed E-state index contributed by atoms with van der Waals surface area (Å²) in [5.74, 6) is 1.82. The fraction of sp³-hybridized carbons (Fsp3) is 0.500. The maximum absolute atomic E-state index is 4.25. The largest absolute Gasteiger partial charge is 0.348 e. The van der Waals surface area contributed by atoms with Gasteiger partial charge in [-0.3, -0.25) is 4.90 Å². The van der Waals surface area contributed by atoms with Crippen LogP contribution in [0, 0.1) is 5.92 Å². The summed E-state index contributed by atoms with van der Waals surface area (Å²) < 4.78 is 0. The molecule has 1 fully saturated rings. The van der Waals surface area contributed by atoms with Crippen molar-refractivity contribution >= 4 is 0 Å². The van der Waals surface area contributed by atoms with Crippen molar-refractivity contribution in [3.05, 3.63) is 53.6 Å². The zero-order valence-corrected chi connectivity index (χ0v) is 13.4. The van der Waals surface area contributed by atoms with Crippen LogP contribution in [0.3, 0.4) is 0 Å². The van der Waals surface area contributed by atoms with E-state index in [-0.39, 0.29) is 0 Å². The Balaban J connectivity index is 1.57. The molecule has 0 bridgehead atoms. The predicted molar refractivity (Wildman–Crippen MR) is 89.2 cm³/mol. The molecular weight excluding hydrogens is 272 g/mol. The molecule has 4 nitrogen and oxygen atoms in total. The third-order valence-electron chi connectivity index (χ3n) is 4.42. The minimum Gasteiger partial charge on any atom is -0.348 e. The standard InChI is InChI=1S/C18H26N4/c1-15-5-4-10-22(13-15)14-17-7-3-2-6-16(17)11-19-12-18-20-8-9-21-18/h2-3,6-9,15,19H,4-5,10-14H2,1H3,(H,20,21)/t15-/m0/s1. The number of aromatic amines is 1. The van der Waals surface area contributed by atoms with Gasteiger partial charge >= 0.3 is 0 Å². The topological polar surface area (TPSA) is 44.0 Å². The Morgan fingerprint density at radius 1 is 1.27 bits per heavy atom. The number of nitrogens with zero attached hydrogens (tertiary/aromatic N) is 2. The molecule has 22 heavy (non-hydrogen) atoms. The summed E-state index contributed by atoms with van der Waals surface area (Å²) in [5.41, 5.74) is 2.84. The number of likely N-dealkylation sites (tertiary alicyclic amines) is 1. The summed E-state index contributed by atoms with van der Waals surface area (Å²) >= 11 is 0. The van der Waals surface area contributed by atoms with Crippen LogP contribution in [0.15, 0.2) is 36.7 Å². The van der Waals surface area contributed by atoms with Crippen LogP contribution in [0.5, 0.6) is 0 Å². The van der Waals surface area contributed by atoms with E-state index < -0.39 is 0 Å². The molecule has 2 heterocycles. The van der Waals surface area contributed by atoms with Gasteiger partial charge in [-0.25, -0.2) is 4.98 Å². The Morgan fingerprint density at radius 3 is 2.91 bits per heavy atom. The van der Waals surface area contributed by atoms with Crippen molar-refractivity contribution in [2.24, 2.45) is 5.92 Å². The van der Waals surface area contributed by atoms with E-state index >= 15 is 0 Å². The van der Waals surface area contributed by atoms with Crippen LogP contribution < -0.4 is 5.32 Å². The fourth-order valence-corrected chi connectivity index (χ4v) is 3.27. The lowest BCUT2D eigenvalue weighted by Crippen LogP contribution is -2.34. The molecule has 0 unspecified atom stereocenters. The molecule has 1 saturated heterocycles. The Labute approximate surface area is 133 Å². The molecule has 0 amide bonds. The molecule has 118 valence electrons. The number of rotatable bonds is 6. The molecule has 1 aromatic heterocycles. The molecule has 1 aliphatic rings. The molecule has 0 radical (unpaired) electrons. The van der Waals surface area contributed by atoms with Crippen molar-refractivity contribution < 1.29 is 0 Å². The lowest BCUT2D eigenvalue weighted by molar-refractivity contribution is 0.176. The van der Waals surface area contributed by atoms with Crippen LogP contribution in [0.25, 0.3) is 0 Å². The van der Waals surface area contributed by atoms with Crippen molar-refractivity contribution in [1.82, 2.24) is 20.2 Å². The molecule has 0 saturated carbocycles. The van der Waals surface area contributed by atoms with Gasteiger partial charge in [0, 0.05) is 32.0 Å². The van der Waals surface area contributed by atoms with Crippen LogP contribution in [0.4, 0.5) is 0 Å². The van der Waals surface area contributed by atoms with Gasteiger partial charge in [-0.05, 0) is 36.4 Å². The third kappa shape index (κ3) is 4.18. The van der Waals surface area contributed by atoms with Crippen LogP contribution in [-0.4, -0.2) is 28.0 Å². The maximum Gasteiger partial charge on any atom is 0.120 e. The highest BCUT2D eigenvalue weighted by molar-refractivity contribution is 5.27. The van der Waals surface area contributed by atoms with E-state index in [0.29, 0.717) is 0 Å². The number of aromatic nitrogens is 2. The fourth-order valence-electron chi connectivity index (χ4n) is 3.27. The van der Waals surface area contributed by atoms with E-state index in [2.05, 4.69) is 51.4 Å². The molecule has 2 aromatic rings. The quantitative estimate of drug-likeness (QED) is 0.862. The summed E-state index contributed by atoms with van der Waals surface area (Å²) in [6.07, 6.45) is 6.37. The highest BCUT2D eigenvalue weighted by atomic mass is 15.1. The van der Waals surface area contributed by atoms with Gasteiger partial charge in [0.05, 0.1) is 6.54 Å². The number of piperidine rings is 1. The molecule has 2 N–H and O–H groups in total. The first-order valence-electron chi connectivity index (χ1n) is 8.29. The van der Waals surface area contributed by atoms with Crippen LogP contribution in [0.1, 0.15) is 36.7 Å². The van der Waals surface area contributed by atoms with Gasteiger partial charge in [0.25, 0.3) is 0 Å².